The second kappa shape index (κ2) is 9.81. The Morgan fingerprint density at radius 2 is 1.57 bits per heavy atom. The Kier molecular flexibility index (Phi) is 8.07. The molecule has 0 bridgehead atoms. The average Bonchev–Trinajstić information content (AvgIpc) is 2.58. The Labute approximate surface area is 145 Å². The number of aliphatic imine (C=N–C) groups is 1. The Bertz CT molecular complexity index is 693. The van der Waals surface area contributed by atoms with Gasteiger partial charge in [-0.3, -0.25) is 4.99 Å². The van der Waals surface area contributed by atoms with Gasteiger partial charge in [-0.15, -0.1) is 0 Å². The molecular formula is C21H24ClN. The van der Waals surface area contributed by atoms with E-state index < -0.39 is 0 Å². The van der Waals surface area contributed by atoms with Gasteiger partial charge in [-0.2, -0.15) is 0 Å². The molecule has 0 saturated heterocycles. The molecule has 0 radical (unpaired) electrons. The molecule has 0 aliphatic rings. The number of hydrogen-bond donors (Lipinski definition) is 0. The molecular weight excluding hydrogens is 302 g/mol. The van der Waals surface area contributed by atoms with Gasteiger partial charge in [0.2, 0.25) is 0 Å². The minimum absolute atomic E-state index is 0.716. The van der Waals surface area contributed by atoms with Gasteiger partial charge in [-0.05, 0) is 25.0 Å². The van der Waals surface area contributed by atoms with Crippen LogP contribution in [-0.2, 0) is 0 Å². The van der Waals surface area contributed by atoms with E-state index in [1.54, 1.807) is 6.20 Å². The monoisotopic (exact) mass is 325 g/mol. The Balaban J connectivity index is 0.00000127. The van der Waals surface area contributed by atoms with E-state index in [9.17, 15) is 0 Å². The maximum Gasteiger partial charge on any atom is 0.0791 e. The number of allylic oxidation sites excluding steroid dienone is 2. The maximum atomic E-state index is 6.40. The standard InChI is InChI=1S/C19H18ClN.C2H6/c1-4-21-19(16-11-6-5-7-12-16)18(15(3)20)17-13-9-8-10-14(17)2;1-2/h4-13H,1H2,2-3H3;1-2H3/b18-15-,21-19?;. The second-order valence-electron chi connectivity index (χ2n) is 4.75. The third-order valence-electron chi connectivity index (χ3n) is 3.26. The predicted octanol–water partition coefficient (Wildman–Crippen LogP) is 6.62. The first-order chi connectivity index (χ1) is 11.1. The van der Waals surface area contributed by atoms with Crippen LogP contribution in [0.15, 0.2) is 77.4 Å². The topological polar surface area (TPSA) is 12.4 Å². The summed E-state index contributed by atoms with van der Waals surface area (Å²) in [6, 6.07) is 18.2. The fourth-order valence-electron chi connectivity index (χ4n) is 2.30. The first-order valence-electron chi connectivity index (χ1n) is 7.82. The molecule has 0 unspecified atom stereocenters. The number of hydrogen-bond acceptors (Lipinski definition) is 1. The van der Waals surface area contributed by atoms with Gasteiger partial charge in [-0.25, -0.2) is 0 Å². The molecule has 0 heterocycles. The number of benzene rings is 2. The molecule has 120 valence electrons. The summed E-state index contributed by atoms with van der Waals surface area (Å²) in [5, 5.41) is 0.716. The average molecular weight is 326 g/mol. The molecule has 23 heavy (non-hydrogen) atoms. The number of halogens is 1. The Hall–Kier alpha value is -2.12. The molecule has 0 spiro atoms. The van der Waals surface area contributed by atoms with Gasteiger partial charge in [0, 0.05) is 22.4 Å². The molecule has 0 aliphatic heterocycles. The van der Waals surface area contributed by atoms with E-state index in [0.717, 1.165) is 22.4 Å². The lowest BCUT2D eigenvalue weighted by atomic mass is 9.92. The van der Waals surface area contributed by atoms with Crippen molar-refractivity contribution in [1.82, 2.24) is 0 Å². The van der Waals surface area contributed by atoms with E-state index in [0.29, 0.717) is 5.03 Å². The summed E-state index contributed by atoms with van der Waals surface area (Å²) < 4.78 is 0. The third kappa shape index (κ3) is 4.94. The zero-order chi connectivity index (χ0) is 17.2. The minimum atomic E-state index is 0.716. The van der Waals surface area contributed by atoms with E-state index >= 15 is 0 Å². The van der Waals surface area contributed by atoms with Crippen molar-refractivity contribution in [1.29, 1.82) is 0 Å². The van der Waals surface area contributed by atoms with Crippen molar-refractivity contribution < 1.29 is 0 Å². The highest BCUT2D eigenvalue weighted by Gasteiger charge is 2.15. The highest BCUT2D eigenvalue weighted by atomic mass is 35.5. The fourth-order valence-corrected chi connectivity index (χ4v) is 2.49. The summed E-state index contributed by atoms with van der Waals surface area (Å²) >= 11 is 6.40. The van der Waals surface area contributed by atoms with Crippen LogP contribution in [0.2, 0.25) is 0 Å². The van der Waals surface area contributed by atoms with Gasteiger partial charge in [-0.1, -0.05) is 86.6 Å². The SMILES string of the molecule is C=CN=C(/C(=C(/C)Cl)c1ccccc1C)c1ccccc1.CC. The first kappa shape index (κ1) is 18.9. The van der Waals surface area contributed by atoms with Crippen LogP contribution in [0.25, 0.3) is 5.57 Å². The van der Waals surface area contributed by atoms with Crippen LogP contribution in [0, 0.1) is 6.92 Å². The van der Waals surface area contributed by atoms with E-state index in [4.69, 9.17) is 11.6 Å². The van der Waals surface area contributed by atoms with Crippen molar-refractivity contribution in [3.63, 3.8) is 0 Å². The fraction of sp³-hybridized carbons (Fsp3) is 0.190. The van der Waals surface area contributed by atoms with Crippen LogP contribution in [0.5, 0.6) is 0 Å². The first-order valence-corrected chi connectivity index (χ1v) is 8.20. The Morgan fingerprint density at radius 3 is 2.09 bits per heavy atom. The number of rotatable bonds is 4. The lowest BCUT2D eigenvalue weighted by molar-refractivity contribution is 1.42. The molecule has 2 heteroatoms. The highest BCUT2D eigenvalue weighted by molar-refractivity contribution is 6.43. The molecule has 0 fully saturated rings. The molecule has 0 saturated carbocycles. The summed E-state index contributed by atoms with van der Waals surface area (Å²) in [6.45, 7) is 11.7. The zero-order valence-corrected chi connectivity index (χ0v) is 15.1. The number of aryl methyl sites for hydroxylation is 1. The Morgan fingerprint density at radius 1 is 1.00 bits per heavy atom. The molecule has 0 N–H and O–H groups in total. The highest BCUT2D eigenvalue weighted by Crippen LogP contribution is 2.28. The van der Waals surface area contributed by atoms with E-state index in [-0.39, 0.29) is 0 Å². The van der Waals surface area contributed by atoms with Gasteiger partial charge in [0.05, 0.1) is 5.71 Å². The largest absolute Gasteiger partial charge is 0.256 e. The van der Waals surface area contributed by atoms with Crippen molar-refractivity contribution in [2.45, 2.75) is 27.7 Å². The lowest BCUT2D eigenvalue weighted by Gasteiger charge is -2.15. The van der Waals surface area contributed by atoms with Gasteiger partial charge in [0.1, 0.15) is 0 Å². The third-order valence-corrected chi connectivity index (χ3v) is 3.45. The minimum Gasteiger partial charge on any atom is -0.256 e. The quantitative estimate of drug-likeness (QED) is 0.560. The van der Waals surface area contributed by atoms with Crippen molar-refractivity contribution >= 4 is 22.9 Å². The molecule has 0 aromatic heterocycles. The summed E-state index contributed by atoms with van der Waals surface area (Å²) in [6.07, 6.45) is 1.56. The van der Waals surface area contributed by atoms with Gasteiger partial charge < -0.3 is 0 Å². The normalized spacial score (nSPS) is 12.0. The van der Waals surface area contributed by atoms with Crippen molar-refractivity contribution in [3.8, 4) is 0 Å². The van der Waals surface area contributed by atoms with Crippen LogP contribution in [0.3, 0.4) is 0 Å². The molecule has 0 amide bonds. The molecule has 2 aromatic rings. The summed E-state index contributed by atoms with van der Waals surface area (Å²) in [4.78, 5) is 4.47. The van der Waals surface area contributed by atoms with Crippen LogP contribution in [0.1, 0.15) is 37.5 Å². The summed E-state index contributed by atoms with van der Waals surface area (Å²) in [5.74, 6) is 0. The van der Waals surface area contributed by atoms with E-state index in [1.807, 2.05) is 63.2 Å². The van der Waals surface area contributed by atoms with Gasteiger partial charge in [0.15, 0.2) is 0 Å². The second-order valence-corrected chi connectivity index (χ2v) is 5.32. The maximum absolute atomic E-state index is 6.40. The van der Waals surface area contributed by atoms with Crippen molar-refractivity contribution in [2.24, 2.45) is 4.99 Å². The van der Waals surface area contributed by atoms with Crippen LogP contribution in [0.4, 0.5) is 0 Å². The molecule has 2 aromatic carbocycles. The number of nitrogens with zero attached hydrogens (tertiary/aromatic N) is 1. The van der Waals surface area contributed by atoms with Crippen molar-refractivity contribution in [2.75, 3.05) is 0 Å². The summed E-state index contributed by atoms with van der Waals surface area (Å²) in [5.41, 5.74) is 5.07. The van der Waals surface area contributed by atoms with E-state index in [1.165, 1.54) is 5.56 Å². The molecule has 0 atom stereocenters. The van der Waals surface area contributed by atoms with Crippen molar-refractivity contribution in [3.05, 3.63) is 89.1 Å². The predicted molar refractivity (Wildman–Crippen MR) is 104 cm³/mol. The smallest absolute Gasteiger partial charge is 0.0791 e. The molecule has 1 nitrogen and oxygen atoms in total. The van der Waals surface area contributed by atoms with Crippen LogP contribution in [-0.4, -0.2) is 5.71 Å². The van der Waals surface area contributed by atoms with Gasteiger partial charge >= 0.3 is 0 Å². The zero-order valence-electron chi connectivity index (χ0n) is 14.3. The van der Waals surface area contributed by atoms with Crippen LogP contribution < -0.4 is 0 Å². The lowest BCUT2D eigenvalue weighted by Crippen LogP contribution is -2.06. The summed E-state index contributed by atoms with van der Waals surface area (Å²) in [7, 11) is 0. The molecule has 0 aliphatic carbocycles. The van der Waals surface area contributed by atoms with Gasteiger partial charge in [0.25, 0.3) is 0 Å². The van der Waals surface area contributed by atoms with E-state index in [2.05, 4.69) is 30.6 Å². The van der Waals surface area contributed by atoms with Crippen LogP contribution >= 0.6 is 11.6 Å². The molecule has 2 rings (SSSR count).